The summed E-state index contributed by atoms with van der Waals surface area (Å²) in [5, 5.41) is 27.3. The lowest BCUT2D eigenvalue weighted by Crippen LogP contribution is -2.70. The number of amides is 2. The first-order valence-corrected chi connectivity index (χ1v) is 22.8. The number of aromatic nitrogens is 8. The molecule has 2 atom stereocenters. The Hall–Kier alpha value is -5.95. The fourth-order valence-electron chi connectivity index (χ4n) is 9.40. The van der Waals surface area contributed by atoms with Gasteiger partial charge in [0.05, 0.1) is 61.4 Å². The van der Waals surface area contributed by atoms with E-state index in [1.807, 2.05) is 38.6 Å². The van der Waals surface area contributed by atoms with Crippen molar-refractivity contribution in [3.63, 3.8) is 0 Å². The molecule has 340 valence electrons. The van der Waals surface area contributed by atoms with Crippen molar-refractivity contribution in [1.29, 1.82) is 0 Å². The lowest BCUT2D eigenvalue weighted by Gasteiger charge is -2.61. The number of ether oxygens (including phenoxy) is 2. The molecule has 12 rings (SSSR count). The summed E-state index contributed by atoms with van der Waals surface area (Å²) in [5.41, 5.74) is 4.25. The number of carbonyl (C=O) groups excluding carboxylic acids is 2. The number of hydrogen-bond donors (Lipinski definition) is 5. The summed E-state index contributed by atoms with van der Waals surface area (Å²) in [7, 11) is 6.79. The normalized spacial score (nSPS) is 20.8. The largest absolute Gasteiger partial charge is 0.494 e. The Morgan fingerprint density at radius 1 is 0.677 bits per heavy atom. The molecule has 6 heterocycles. The molecule has 4 aliphatic carbocycles. The van der Waals surface area contributed by atoms with E-state index in [2.05, 4.69) is 61.6 Å². The molecular formula is C46H55ClN14O4. The highest BCUT2D eigenvalue weighted by Crippen LogP contribution is 2.50. The Morgan fingerprint density at radius 3 is 1.58 bits per heavy atom. The fourth-order valence-corrected chi connectivity index (χ4v) is 9.49. The number of nitrogens with zero attached hydrogens (tertiary/aromatic N) is 9. The van der Waals surface area contributed by atoms with Crippen molar-refractivity contribution in [1.82, 2.24) is 55.4 Å². The molecular weight excluding hydrogens is 848 g/mol. The molecule has 65 heavy (non-hydrogen) atoms. The molecule has 6 fully saturated rings. The van der Waals surface area contributed by atoms with E-state index in [0.29, 0.717) is 39.7 Å². The zero-order chi connectivity index (χ0) is 44.9. The van der Waals surface area contributed by atoms with Crippen LogP contribution in [0.25, 0.3) is 21.8 Å². The number of methoxy groups -OCH3 is 2. The van der Waals surface area contributed by atoms with E-state index >= 15 is 0 Å². The average molecular weight is 903 g/mol. The van der Waals surface area contributed by atoms with Gasteiger partial charge in [-0.05, 0) is 63.5 Å². The van der Waals surface area contributed by atoms with Crippen LogP contribution in [-0.2, 0) is 14.1 Å². The van der Waals surface area contributed by atoms with E-state index < -0.39 is 5.91 Å². The van der Waals surface area contributed by atoms with Crippen LogP contribution in [0.15, 0.2) is 61.4 Å². The monoisotopic (exact) mass is 902 g/mol. The highest BCUT2D eigenvalue weighted by molar-refractivity contribution is 6.29. The maximum absolute atomic E-state index is 12.8. The Morgan fingerprint density at radius 2 is 1.18 bits per heavy atom. The Labute approximate surface area is 381 Å². The van der Waals surface area contributed by atoms with Gasteiger partial charge in [0.15, 0.2) is 0 Å². The molecule has 4 aromatic heterocycles. The van der Waals surface area contributed by atoms with Crippen LogP contribution >= 0.6 is 11.6 Å². The van der Waals surface area contributed by atoms with Crippen molar-refractivity contribution in [2.75, 3.05) is 55.9 Å². The molecule has 0 bridgehead atoms. The molecule has 2 saturated heterocycles. The summed E-state index contributed by atoms with van der Waals surface area (Å²) in [4.78, 5) is 43.9. The smallest absolute Gasteiger partial charge is 0.275 e. The van der Waals surface area contributed by atoms with E-state index in [0.717, 1.165) is 58.8 Å². The van der Waals surface area contributed by atoms with E-state index in [1.165, 1.54) is 84.0 Å². The number of hydrogen-bond acceptors (Lipinski definition) is 14. The van der Waals surface area contributed by atoms with Crippen LogP contribution < -0.4 is 41.0 Å². The van der Waals surface area contributed by atoms with Crippen LogP contribution in [0.3, 0.4) is 0 Å². The van der Waals surface area contributed by atoms with Crippen LogP contribution in [0.2, 0.25) is 5.15 Å². The van der Waals surface area contributed by atoms with Crippen LogP contribution in [0.4, 0.5) is 17.2 Å². The lowest BCUT2D eigenvalue weighted by molar-refractivity contribution is 0.00732. The number of halogens is 1. The van der Waals surface area contributed by atoms with Crippen molar-refractivity contribution in [2.24, 2.45) is 24.9 Å². The summed E-state index contributed by atoms with van der Waals surface area (Å²) >= 11 is 5.66. The second-order valence-electron chi connectivity index (χ2n) is 18.5. The van der Waals surface area contributed by atoms with E-state index in [4.69, 9.17) is 21.1 Å². The lowest BCUT2D eigenvalue weighted by atomic mass is 9.59. The molecule has 5 N–H and O–H groups in total. The van der Waals surface area contributed by atoms with Crippen LogP contribution in [0.1, 0.15) is 72.3 Å². The number of carbonyl (C=O) groups is 2. The SMILES string of the molecule is C1CC1NC1CCC12CNC2.COc1cc2nn(C)cc2cc1NC(=O)c1cnc(Cl)cn1.COc1cc2nn(C)cc2cc1NC(=O)c1cnc(N2CC3(CCC3NC3CC3)C2)cn1. The average Bonchev–Trinajstić information content (AvgIpc) is 4.19. The van der Waals surface area contributed by atoms with Gasteiger partial charge in [-0.15, -0.1) is 0 Å². The van der Waals surface area contributed by atoms with Gasteiger partial charge in [-0.3, -0.25) is 19.0 Å². The molecule has 0 radical (unpaired) electrons. The van der Waals surface area contributed by atoms with Crippen molar-refractivity contribution >= 4 is 62.4 Å². The quantitative estimate of drug-likeness (QED) is 0.115. The fraction of sp³-hybridized carbons (Fsp3) is 0.478. The zero-order valence-electron chi connectivity index (χ0n) is 37.1. The summed E-state index contributed by atoms with van der Waals surface area (Å²) in [5.74, 6) is 1.18. The van der Waals surface area contributed by atoms with Gasteiger partial charge in [0.2, 0.25) is 0 Å². The highest BCUT2D eigenvalue weighted by atomic mass is 35.5. The number of benzene rings is 2. The van der Waals surface area contributed by atoms with Crippen LogP contribution in [0.5, 0.6) is 11.5 Å². The predicted octanol–water partition coefficient (Wildman–Crippen LogP) is 5.11. The summed E-state index contributed by atoms with van der Waals surface area (Å²) in [6, 6.07) is 10.4. The third kappa shape index (κ3) is 9.04. The molecule has 2 spiro atoms. The molecule has 2 unspecified atom stereocenters. The molecule has 18 nitrogen and oxygen atoms in total. The number of anilines is 3. The highest BCUT2D eigenvalue weighted by Gasteiger charge is 2.56. The van der Waals surface area contributed by atoms with Crippen LogP contribution in [-0.4, -0.2) is 116 Å². The van der Waals surface area contributed by atoms with Gasteiger partial charge in [-0.25, -0.2) is 19.9 Å². The van der Waals surface area contributed by atoms with E-state index in [1.54, 1.807) is 41.0 Å². The van der Waals surface area contributed by atoms with Gasteiger partial charge >= 0.3 is 0 Å². The summed E-state index contributed by atoms with van der Waals surface area (Å²) in [6.45, 7) is 4.58. The second-order valence-corrected chi connectivity index (χ2v) is 18.9. The maximum Gasteiger partial charge on any atom is 0.275 e. The van der Waals surface area contributed by atoms with Gasteiger partial charge in [0.1, 0.15) is 33.9 Å². The molecule has 2 aliphatic heterocycles. The molecule has 6 aliphatic rings. The van der Waals surface area contributed by atoms with Gasteiger partial charge in [0, 0.05) is 111 Å². The standard InChI is InChI=1S/C23H27N7O2.C14H12ClN5O2.C9H16N2/c1-29-11-14-7-17(19(32-2)8-16(14)28-29)27-22(31)18-9-25-21(10-24-18)30-12-23(13-30)6-5-20(23)26-15-3-4-15;1-20-7-8-3-10(12(22-2)4-9(8)19-20)18-14(21)11-5-17-13(15)6-16-11;1-2-7(1)11-8-3-4-9(8)5-10-6-9/h7-11,15,20,26H,3-6,12-13H2,1-2H3,(H,27,31);3-7H,1-2H3,(H,18,21);7-8,10-11H,1-6H2. The number of nitrogens with one attached hydrogen (secondary N) is 5. The molecule has 2 amide bonds. The van der Waals surface area contributed by atoms with Crippen molar-refractivity contribution in [3.05, 3.63) is 78.0 Å². The predicted molar refractivity (Wildman–Crippen MR) is 248 cm³/mol. The first-order chi connectivity index (χ1) is 31.5. The molecule has 4 saturated carbocycles. The summed E-state index contributed by atoms with van der Waals surface area (Å²) < 4.78 is 14.2. The molecule has 6 aromatic rings. The van der Waals surface area contributed by atoms with Crippen molar-refractivity contribution in [2.45, 2.75) is 75.5 Å². The first-order valence-electron chi connectivity index (χ1n) is 22.4. The minimum Gasteiger partial charge on any atom is -0.494 e. The third-order valence-electron chi connectivity index (χ3n) is 13.8. The molecule has 19 heteroatoms. The Balaban J connectivity index is 0.000000129. The second kappa shape index (κ2) is 17.5. The van der Waals surface area contributed by atoms with Gasteiger partial charge in [-0.1, -0.05) is 11.6 Å². The van der Waals surface area contributed by atoms with Crippen molar-refractivity contribution in [3.8, 4) is 11.5 Å². The van der Waals surface area contributed by atoms with Crippen LogP contribution in [0, 0.1) is 10.8 Å². The minimum atomic E-state index is -0.397. The Kier molecular flexibility index (Phi) is 11.5. The van der Waals surface area contributed by atoms with Crippen molar-refractivity contribution < 1.29 is 19.1 Å². The zero-order valence-corrected chi connectivity index (χ0v) is 37.9. The number of fused-ring (bicyclic) bond motifs is 2. The number of aryl methyl sites for hydroxylation is 2. The van der Waals surface area contributed by atoms with Gasteiger partial charge in [0.25, 0.3) is 11.8 Å². The van der Waals surface area contributed by atoms with Gasteiger partial charge in [-0.2, -0.15) is 10.2 Å². The Bertz CT molecular complexity index is 2700. The topological polar surface area (TPSA) is 203 Å². The van der Waals surface area contributed by atoms with E-state index in [-0.39, 0.29) is 22.4 Å². The summed E-state index contributed by atoms with van der Waals surface area (Å²) in [6.07, 6.45) is 20.6. The maximum atomic E-state index is 12.8. The van der Waals surface area contributed by atoms with E-state index in [9.17, 15) is 9.59 Å². The number of rotatable bonds is 11. The van der Waals surface area contributed by atoms with Gasteiger partial charge < -0.3 is 41.0 Å². The third-order valence-corrected chi connectivity index (χ3v) is 14.0. The molecule has 2 aromatic carbocycles. The minimum absolute atomic E-state index is 0.165. The first kappa shape index (κ1) is 43.0.